The van der Waals surface area contributed by atoms with E-state index in [0.29, 0.717) is 12.1 Å². The Bertz CT molecular complexity index is 414. The van der Waals surface area contributed by atoms with E-state index >= 15 is 0 Å². The molecule has 7 nitrogen and oxygen atoms in total. The van der Waals surface area contributed by atoms with Crippen LogP contribution in [-0.2, 0) is 16.0 Å². The van der Waals surface area contributed by atoms with Crippen LogP contribution in [0.25, 0.3) is 0 Å². The highest BCUT2D eigenvalue weighted by atomic mass is 16.4. The second kappa shape index (κ2) is 5.63. The van der Waals surface area contributed by atoms with Crippen LogP contribution in [-0.4, -0.2) is 38.5 Å². The fraction of sp³-hybridized carbons (Fsp3) is 0.545. The van der Waals surface area contributed by atoms with Crippen molar-refractivity contribution >= 4 is 11.9 Å². The van der Waals surface area contributed by atoms with Crippen LogP contribution in [0.1, 0.15) is 26.0 Å². The maximum Gasteiger partial charge on any atom is 0.326 e. The molecule has 0 aliphatic heterocycles. The van der Waals surface area contributed by atoms with Crippen molar-refractivity contribution in [1.29, 1.82) is 0 Å². The Morgan fingerprint density at radius 1 is 1.67 bits per heavy atom. The van der Waals surface area contributed by atoms with Crippen molar-refractivity contribution < 1.29 is 14.7 Å². The van der Waals surface area contributed by atoms with Gasteiger partial charge < -0.3 is 21.1 Å². The zero-order valence-corrected chi connectivity index (χ0v) is 10.4. The SMILES string of the molecule is CCC(C)(N)C(=O)NC(Cc1cnc[nH]1)C(=O)O. The summed E-state index contributed by atoms with van der Waals surface area (Å²) in [4.78, 5) is 29.5. The van der Waals surface area contributed by atoms with Crippen molar-refractivity contribution in [3.05, 3.63) is 18.2 Å². The van der Waals surface area contributed by atoms with Crippen LogP contribution in [0.3, 0.4) is 0 Å². The van der Waals surface area contributed by atoms with Crippen LogP contribution in [0.15, 0.2) is 12.5 Å². The summed E-state index contributed by atoms with van der Waals surface area (Å²) in [6, 6.07) is -1.02. The molecule has 0 aromatic carbocycles. The molecule has 7 heteroatoms. The average Bonchev–Trinajstić information content (AvgIpc) is 2.80. The highest BCUT2D eigenvalue weighted by Crippen LogP contribution is 2.06. The van der Waals surface area contributed by atoms with Crippen LogP contribution >= 0.6 is 0 Å². The molecule has 0 aliphatic rings. The minimum Gasteiger partial charge on any atom is -0.480 e. The van der Waals surface area contributed by atoms with Crippen molar-refractivity contribution in [3.63, 3.8) is 0 Å². The van der Waals surface area contributed by atoms with Crippen LogP contribution in [0.5, 0.6) is 0 Å². The number of rotatable bonds is 6. The maximum absolute atomic E-state index is 11.8. The Hall–Kier alpha value is -1.89. The monoisotopic (exact) mass is 254 g/mol. The van der Waals surface area contributed by atoms with Gasteiger partial charge in [0.25, 0.3) is 0 Å². The van der Waals surface area contributed by atoms with E-state index in [2.05, 4.69) is 15.3 Å². The molecule has 0 spiro atoms. The molecule has 100 valence electrons. The normalized spacial score (nSPS) is 15.7. The number of carbonyl (C=O) groups is 2. The van der Waals surface area contributed by atoms with Gasteiger partial charge in [0.1, 0.15) is 6.04 Å². The molecule has 2 unspecified atom stereocenters. The number of hydrogen-bond donors (Lipinski definition) is 4. The molecule has 1 rings (SSSR count). The molecule has 1 aromatic heterocycles. The van der Waals surface area contributed by atoms with Crippen LogP contribution in [0, 0.1) is 0 Å². The van der Waals surface area contributed by atoms with Gasteiger partial charge in [0.15, 0.2) is 0 Å². The molecular formula is C11H18N4O3. The zero-order chi connectivity index (χ0) is 13.8. The van der Waals surface area contributed by atoms with E-state index in [4.69, 9.17) is 10.8 Å². The molecule has 1 aromatic rings. The largest absolute Gasteiger partial charge is 0.480 e. The summed E-state index contributed by atoms with van der Waals surface area (Å²) in [6.07, 6.45) is 3.54. The molecule has 18 heavy (non-hydrogen) atoms. The van der Waals surface area contributed by atoms with Gasteiger partial charge in [-0.3, -0.25) is 4.79 Å². The van der Waals surface area contributed by atoms with E-state index in [1.807, 2.05) is 0 Å². The molecule has 1 heterocycles. The van der Waals surface area contributed by atoms with Gasteiger partial charge in [-0.2, -0.15) is 0 Å². The first kappa shape index (κ1) is 14.2. The molecule has 0 bridgehead atoms. The number of carboxylic acids is 1. The summed E-state index contributed by atoms with van der Waals surface area (Å²) in [5, 5.41) is 11.5. The molecule has 5 N–H and O–H groups in total. The van der Waals surface area contributed by atoms with Crippen molar-refractivity contribution in [3.8, 4) is 0 Å². The number of carbonyl (C=O) groups excluding carboxylic acids is 1. The lowest BCUT2D eigenvalue weighted by molar-refractivity contribution is -0.142. The third kappa shape index (κ3) is 3.56. The van der Waals surface area contributed by atoms with Gasteiger partial charge in [0.05, 0.1) is 11.9 Å². The van der Waals surface area contributed by atoms with E-state index in [1.165, 1.54) is 12.5 Å². The van der Waals surface area contributed by atoms with Crippen molar-refractivity contribution in [2.45, 2.75) is 38.3 Å². The number of aromatic nitrogens is 2. The number of carboxylic acid groups (broad SMARTS) is 1. The van der Waals surface area contributed by atoms with E-state index < -0.39 is 23.5 Å². The number of imidazole rings is 1. The first-order chi connectivity index (χ1) is 8.36. The number of hydrogen-bond acceptors (Lipinski definition) is 4. The summed E-state index contributed by atoms with van der Waals surface area (Å²) >= 11 is 0. The van der Waals surface area contributed by atoms with Gasteiger partial charge in [0.2, 0.25) is 5.91 Å². The Kier molecular flexibility index (Phi) is 4.43. The summed E-state index contributed by atoms with van der Waals surface area (Å²) in [7, 11) is 0. The minimum absolute atomic E-state index is 0.140. The summed E-state index contributed by atoms with van der Waals surface area (Å²) in [5.74, 6) is -1.58. The van der Waals surface area contributed by atoms with Gasteiger partial charge in [-0.15, -0.1) is 0 Å². The van der Waals surface area contributed by atoms with Gasteiger partial charge in [-0.25, -0.2) is 9.78 Å². The lowest BCUT2D eigenvalue weighted by Gasteiger charge is -2.24. The summed E-state index contributed by atoms with van der Waals surface area (Å²) in [6.45, 7) is 3.34. The Labute approximate surface area is 105 Å². The fourth-order valence-electron chi connectivity index (χ4n) is 1.30. The van der Waals surface area contributed by atoms with E-state index in [1.54, 1.807) is 13.8 Å². The number of H-pyrrole nitrogens is 1. The maximum atomic E-state index is 11.8. The van der Waals surface area contributed by atoms with E-state index in [0.717, 1.165) is 0 Å². The van der Waals surface area contributed by atoms with Gasteiger partial charge in [0, 0.05) is 18.3 Å². The highest BCUT2D eigenvalue weighted by molar-refractivity contribution is 5.89. The minimum atomic E-state index is -1.11. The molecule has 0 saturated heterocycles. The van der Waals surface area contributed by atoms with Gasteiger partial charge in [-0.1, -0.05) is 6.92 Å². The van der Waals surface area contributed by atoms with Crippen molar-refractivity contribution in [2.24, 2.45) is 5.73 Å². The number of aromatic amines is 1. The molecule has 1 amide bonds. The van der Waals surface area contributed by atoms with Gasteiger partial charge in [-0.05, 0) is 13.3 Å². The second-order valence-electron chi connectivity index (χ2n) is 4.42. The van der Waals surface area contributed by atoms with E-state index in [-0.39, 0.29) is 6.42 Å². The van der Waals surface area contributed by atoms with Crippen LogP contribution in [0.4, 0.5) is 0 Å². The smallest absolute Gasteiger partial charge is 0.326 e. The molecule has 0 saturated carbocycles. The Morgan fingerprint density at radius 3 is 2.78 bits per heavy atom. The Balaban J connectivity index is 2.70. The van der Waals surface area contributed by atoms with Gasteiger partial charge >= 0.3 is 5.97 Å². The summed E-state index contributed by atoms with van der Waals surface area (Å²) in [5.41, 5.74) is 5.33. The van der Waals surface area contributed by atoms with Crippen LogP contribution in [0.2, 0.25) is 0 Å². The van der Waals surface area contributed by atoms with Crippen molar-refractivity contribution in [2.75, 3.05) is 0 Å². The number of amides is 1. The third-order valence-corrected chi connectivity index (χ3v) is 2.84. The molecular weight excluding hydrogens is 236 g/mol. The molecule has 0 radical (unpaired) electrons. The molecule has 2 atom stereocenters. The predicted molar refractivity (Wildman–Crippen MR) is 64.7 cm³/mol. The third-order valence-electron chi connectivity index (χ3n) is 2.84. The number of nitrogens with zero attached hydrogens (tertiary/aromatic N) is 1. The lowest BCUT2D eigenvalue weighted by Crippen LogP contribution is -2.55. The fourth-order valence-corrected chi connectivity index (χ4v) is 1.30. The first-order valence-electron chi connectivity index (χ1n) is 5.66. The predicted octanol–water partition coefficient (Wildman–Crippen LogP) is -0.351. The van der Waals surface area contributed by atoms with E-state index in [9.17, 15) is 9.59 Å². The molecule has 0 aliphatic carbocycles. The number of aliphatic carboxylic acids is 1. The average molecular weight is 254 g/mol. The standard InChI is InChI=1S/C11H18N4O3/c1-3-11(2,12)10(18)15-8(9(16)17)4-7-5-13-6-14-7/h5-6,8H,3-4,12H2,1-2H3,(H,13,14)(H,15,18)(H,16,17). The highest BCUT2D eigenvalue weighted by Gasteiger charge is 2.30. The topological polar surface area (TPSA) is 121 Å². The number of nitrogens with one attached hydrogen (secondary N) is 2. The Morgan fingerprint density at radius 2 is 2.33 bits per heavy atom. The van der Waals surface area contributed by atoms with Crippen LogP contribution < -0.4 is 11.1 Å². The molecule has 0 fully saturated rings. The quantitative estimate of drug-likeness (QED) is 0.553. The lowest BCUT2D eigenvalue weighted by atomic mass is 9.98. The summed E-state index contributed by atoms with van der Waals surface area (Å²) < 4.78 is 0. The van der Waals surface area contributed by atoms with Crippen molar-refractivity contribution in [1.82, 2.24) is 15.3 Å². The number of nitrogens with two attached hydrogens (primary N) is 1. The zero-order valence-electron chi connectivity index (χ0n) is 10.4. The first-order valence-corrected chi connectivity index (χ1v) is 5.66. The second-order valence-corrected chi connectivity index (χ2v) is 4.42.